The predicted octanol–water partition coefficient (Wildman–Crippen LogP) is 3.20. The molecule has 2 nitrogen and oxygen atoms in total. The molecule has 1 atom stereocenters. The molecule has 5 heteroatoms. The summed E-state index contributed by atoms with van der Waals surface area (Å²) in [6.45, 7) is 0. The number of rotatable bonds is 3. The maximum atomic E-state index is 12.8. The molecule has 0 fully saturated rings. The summed E-state index contributed by atoms with van der Waals surface area (Å²) in [5.74, 6) is 5.30. The van der Waals surface area contributed by atoms with Crippen LogP contribution in [-0.4, -0.2) is 0 Å². The normalized spacial score (nSPS) is 12.7. The maximum Gasteiger partial charge on any atom is 0.123 e. The van der Waals surface area contributed by atoms with Crippen LogP contribution in [0.15, 0.2) is 39.5 Å². The first-order chi connectivity index (χ1) is 7.72. The summed E-state index contributed by atoms with van der Waals surface area (Å²) in [4.78, 5) is 0. The summed E-state index contributed by atoms with van der Waals surface area (Å²) in [6, 6.07) is 6.19. The molecule has 0 aliphatic heterocycles. The molecule has 0 amide bonds. The van der Waals surface area contributed by atoms with Gasteiger partial charge in [-0.2, -0.15) is 11.3 Å². The molecule has 0 saturated carbocycles. The lowest BCUT2D eigenvalue weighted by Gasteiger charge is -2.15. The highest BCUT2D eigenvalue weighted by Crippen LogP contribution is 2.31. The zero-order chi connectivity index (χ0) is 11.5. The van der Waals surface area contributed by atoms with E-state index in [9.17, 15) is 4.39 Å². The SMILES string of the molecule is NNC(c1ccc(F)cc1)c1cscc1Br. The van der Waals surface area contributed by atoms with Gasteiger partial charge in [-0.1, -0.05) is 12.1 Å². The van der Waals surface area contributed by atoms with E-state index in [0.717, 1.165) is 15.6 Å². The smallest absolute Gasteiger partial charge is 0.123 e. The van der Waals surface area contributed by atoms with Crippen LogP contribution in [0, 0.1) is 5.82 Å². The van der Waals surface area contributed by atoms with Crippen molar-refractivity contribution in [2.24, 2.45) is 5.84 Å². The number of hydrogen-bond donors (Lipinski definition) is 2. The third-order valence-electron chi connectivity index (χ3n) is 2.32. The van der Waals surface area contributed by atoms with E-state index in [0.29, 0.717) is 0 Å². The van der Waals surface area contributed by atoms with Crippen molar-refractivity contribution in [3.8, 4) is 0 Å². The molecular weight excluding hydrogens is 291 g/mol. The summed E-state index contributed by atoms with van der Waals surface area (Å²) in [6.07, 6.45) is 0. The van der Waals surface area contributed by atoms with Crippen molar-refractivity contribution in [2.75, 3.05) is 0 Å². The van der Waals surface area contributed by atoms with Gasteiger partial charge >= 0.3 is 0 Å². The number of hydrogen-bond acceptors (Lipinski definition) is 3. The average Bonchev–Trinajstić information content (AvgIpc) is 2.69. The second-order valence-electron chi connectivity index (χ2n) is 3.33. The summed E-state index contributed by atoms with van der Waals surface area (Å²) < 4.78 is 13.8. The zero-order valence-electron chi connectivity index (χ0n) is 8.28. The second kappa shape index (κ2) is 5.05. The van der Waals surface area contributed by atoms with Crippen molar-refractivity contribution in [2.45, 2.75) is 6.04 Å². The molecule has 84 valence electrons. The number of halogens is 2. The Hall–Kier alpha value is -0.750. The quantitative estimate of drug-likeness (QED) is 0.675. The zero-order valence-corrected chi connectivity index (χ0v) is 10.7. The van der Waals surface area contributed by atoms with Crippen molar-refractivity contribution in [3.05, 3.63) is 56.4 Å². The van der Waals surface area contributed by atoms with Gasteiger partial charge in [-0.3, -0.25) is 5.84 Å². The molecule has 1 aromatic heterocycles. The Labute approximate surface area is 105 Å². The van der Waals surface area contributed by atoms with Gasteiger partial charge in [0.2, 0.25) is 0 Å². The molecule has 0 saturated heterocycles. The van der Waals surface area contributed by atoms with Crippen molar-refractivity contribution in [1.29, 1.82) is 0 Å². The van der Waals surface area contributed by atoms with Crippen molar-refractivity contribution >= 4 is 27.3 Å². The van der Waals surface area contributed by atoms with Gasteiger partial charge in [0.1, 0.15) is 5.82 Å². The van der Waals surface area contributed by atoms with E-state index in [-0.39, 0.29) is 11.9 Å². The molecule has 0 radical (unpaired) electrons. The molecular formula is C11H10BrFN2S. The number of thiophene rings is 1. The van der Waals surface area contributed by atoms with Crippen LogP contribution in [0.5, 0.6) is 0 Å². The molecule has 2 aromatic rings. The van der Waals surface area contributed by atoms with Crippen LogP contribution >= 0.6 is 27.3 Å². The van der Waals surface area contributed by atoms with Crippen LogP contribution in [0.2, 0.25) is 0 Å². The van der Waals surface area contributed by atoms with Gasteiger partial charge in [-0.15, -0.1) is 0 Å². The molecule has 2 rings (SSSR count). The minimum atomic E-state index is -0.246. The third-order valence-corrected chi connectivity index (χ3v) is 4.07. The van der Waals surface area contributed by atoms with E-state index in [1.807, 2.05) is 10.8 Å². The van der Waals surface area contributed by atoms with E-state index in [2.05, 4.69) is 21.4 Å². The second-order valence-corrected chi connectivity index (χ2v) is 4.92. The molecule has 0 bridgehead atoms. The summed E-state index contributed by atoms with van der Waals surface area (Å²) in [5, 5.41) is 4.00. The summed E-state index contributed by atoms with van der Waals surface area (Å²) in [7, 11) is 0. The van der Waals surface area contributed by atoms with Gasteiger partial charge in [-0.05, 0) is 44.6 Å². The Morgan fingerprint density at radius 1 is 1.25 bits per heavy atom. The fourth-order valence-electron chi connectivity index (χ4n) is 1.52. The molecule has 0 spiro atoms. The van der Waals surface area contributed by atoms with Crippen LogP contribution in [-0.2, 0) is 0 Å². The first kappa shape index (κ1) is 11.7. The topological polar surface area (TPSA) is 38.0 Å². The van der Waals surface area contributed by atoms with Crippen molar-refractivity contribution < 1.29 is 4.39 Å². The monoisotopic (exact) mass is 300 g/mol. The highest BCUT2D eigenvalue weighted by molar-refractivity contribution is 9.10. The Bertz CT molecular complexity index is 469. The lowest BCUT2D eigenvalue weighted by atomic mass is 10.0. The van der Waals surface area contributed by atoms with E-state index in [1.165, 1.54) is 12.1 Å². The molecule has 3 N–H and O–H groups in total. The average molecular weight is 301 g/mol. The number of nitrogens with two attached hydrogens (primary N) is 1. The van der Waals surface area contributed by atoms with E-state index >= 15 is 0 Å². The lowest BCUT2D eigenvalue weighted by Crippen LogP contribution is -2.28. The van der Waals surface area contributed by atoms with Crippen LogP contribution in [0.1, 0.15) is 17.2 Å². The lowest BCUT2D eigenvalue weighted by molar-refractivity contribution is 0.615. The molecule has 0 aliphatic carbocycles. The fraction of sp³-hybridized carbons (Fsp3) is 0.0909. The van der Waals surface area contributed by atoms with Gasteiger partial charge in [0, 0.05) is 9.85 Å². The molecule has 0 aliphatic rings. The Balaban J connectivity index is 2.37. The van der Waals surface area contributed by atoms with Gasteiger partial charge in [-0.25, -0.2) is 9.82 Å². The van der Waals surface area contributed by atoms with Crippen LogP contribution in [0.25, 0.3) is 0 Å². The fourth-order valence-corrected chi connectivity index (χ4v) is 3.07. The molecule has 1 aromatic carbocycles. The molecule has 1 heterocycles. The Morgan fingerprint density at radius 2 is 1.94 bits per heavy atom. The molecule has 16 heavy (non-hydrogen) atoms. The van der Waals surface area contributed by atoms with Crippen molar-refractivity contribution in [1.82, 2.24) is 5.43 Å². The van der Waals surface area contributed by atoms with Crippen molar-refractivity contribution in [3.63, 3.8) is 0 Å². The van der Waals surface area contributed by atoms with E-state index in [1.54, 1.807) is 23.5 Å². The maximum absolute atomic E-state index is 12.8. The van der Waals surface area contributed by atoms with Gasteiger partial charge in [0.15, 0.2) is 0 Å². The van der Waals surface area contributed by atoms with Crippen LogP contribution < -0.4 is 11.3 Å². The van der Waals surface area contributed by atoms with Crippen LogP contribution in [0.3, 0.4) is 0 Å². The minimum Gasteiger partial charge on any atom is -0.271 e. The van der Waals surface area contributed by atoms with Gasteiger partial charge in [0.05, 0.1) is 6.04 Å². The van der Waals surface area contributed by atoms with E-state index < -0.39 is 0 Å². The summed E-state index contributed by atoms with van der Waals surface area (Å²) in [5.41, 5.74) is 4.72. The first-order valence-electron chi connectivity index (χ1n) is 4.65. The third kappa shape index (κ3) is 2.32. The van der Waals surface area contributed by atoms with Gasteiger partial charge in [0.25, 0.3) is 0 Å². The Kier molecular flexibility index (Phi) is 3.70. The van der Waals surface area contributed by atoms with E-state index in [4.69, 9.17) is 5.84 Å². The Morgan fingerprint density at radius 3 is 2.44 bits per heavy atom. The predicted molar refractivity (Wildman–Crippen MR) is 67.6 cm³/mol. The number of benzene rings is 1. The number of hydrazine groups is 1. The minimum absolute atomic E-state index is 0.124. The van der Waals surface area contributed by atoms with Gasteiger partial charge < -0.3 is 0 Å². The summed E-state index contributed by atoms with van der Waals surface area (Å²) >= 11 is 5.05. The first-order valence-corrected chi connectivity index (χ1v) is 6.39. The highest BCUT2D eigenvalue weighted by Gasteiger charge is 2.15. The number of nitrogens with one attached hydrogen (secondary N) is 1. The van der Waals surface area contributed by atoms with Crippen LogP contribution in [0.4, 0.5) is 4.39 Å². The molecule has 1 unspecified atom stereocenters. The standard InChI is InChI=1S/C11H10BrFN2S/c12-10-6-16-5-9(10)11(15-14)7-1-3-8(13)4-2-7/h1-6,11,15H,14H2. The highest BCUT2D eigenvalue weighted by atomic mass is 79.9. The largest absolute Gasteiger partial charge is 0.271 e.